The van der Waals surface area contributed by atoms with E-state index in [1.54, 1.807) is 35.6 Å². The van der Waals surface area contributed by atoms with Crippen molar-refractivity contribution in [2.45, 2.75) is 10.9 Å². The van der Waals surface area contributed by atoms with E-state index in [1.807, 2.05) is 0 Å². The van der Waals surface area contributed by atoms with Crippen molar-refractivity contribution in [3.05, 3.63) is 89.1 Å². The minimum absolute atomic E-state index is 0.106. The van der Waals surface area contributed by atoms with E-state index < -0.39 is 0 Å². The maximum Gasteiger partial charge on any atom is 0.255 e. The minimum atomic E-state index is -0.106. The zero-order valence-electron chi connectivity index (χ0n) is 19.2. The molecule has 0 spiro atoms. The molecule has 0 radical (unpaired) electrons. The Kier molecular flexibility index (Phi) is 6.42. The highest BCUT2D eigenvalue weighted by Gasteiger charge is 2.24. The lowest BCUT2D eigenvalue weighted by molar-refractivity contribution is 0.462. The Morgan fingerprint density at radius 3 is 2.41 bits per heavy atom. The second-order valence-corrected chi connectivity index (χ2v) is 9.12. The van der Waals surface area contributed by atoms with E-state index in [1.165, 1.54) is 34.0 Å². The van der Waals surface area contributed by atoms with E-state index in [-0.39, 0.29) is 11.6 Å². The molecule has 1 saturated heterocycles. The molecule has 2 aromatic heterocycles. The molecule has 0 unspecified atom stereocenters. The third-order valence-corrected chi connectivity index (χ3v) is 6.89. The number of thioether (sulfide) groups is 1. The van der Waals surface area contributed by atoms with Crippen LogP contribution >= 0.6 is 11.8 Å². The van der Waals surface area contributed by atoms with Crippen LogP contribution < -0.4 is 15.8 Å². The maximum absolute atomic E-state index is 12.7. The third kappa shape index (κ3) is 4.60. The normalized spacial score (nSPS) is 15.9. The molecule has 5 rings (SSSR count). The van der Waals surface area contributed by atoms with Crippen molar-refractivity contribution in [3.63, 3.8) is 0 Å². The number of nitrogens with one attached hydrogen (secondary N) is 1. The van der Waals surface area contributed by atoms with Crippen LogP contribution in [0.2, 0.25) is 0 Å². The molecule has 1 N–H and O–H groups in total. The SMILES string of the molecule is CSc1ccc(-c2ccc([C@H]3CN(c4nc(-c5ccncn5)cc(=O)n4C)CCN3)cc2)cc1. The van der Waals surface area contributed by atoms with Crippen molar-refractivity contribution in [1.29, 1.82) is 0 Å². The van der Waals surface area contributed by atoms with Crippen LogP contribution in [0, 0.1) is 0 Å². The fourth-order valence-corrected chi connectivity index (χ4v) is 4.64. The van der Waals surface area contributed by atoms with Gasteiger partial charge in [-0.15, -0.1) is 11.8 Å². The van der Waals surface area contributed by atoms with Gasteiger partial charge in [-0.25, -0.2) is 15.0 Å². The van der Waals surface area contributed by atoms with Crippen LogP contribution in [0.3, 0.4) is 0 Å². The second kappa shape index (κ2) is 9.79. The van der Waals surface area contributed by atoms with Gasteiger partial charge in [0.2, 0.25) is 5.95 Å². The van der Waals surface area contributed by atoms with Crippen molar-refractivity contribution < 1.29 is 0 Å². The molecule has 4 aromatic rings. The van der Waals surface area contributed by atoms with Gasteiger partial charge < -0.3 is 10.2 Å². The predicted octanol–water partition coefficient (Wildman–Crippen LogP) is 3.78. The average molecular weight is 471 g/mol. The number of rotatable bonds is 5. The molecule has 7 nitrogen and oxygen atoms in total. The van der Waals surface area contributed by atoms with Crippen LogP contribution in [0.15, 0.2) is 82.9 Å². The number of piperazine rings is 1. The number of aromatic nitrogens is 4. The highest BCUT2D eigenvalue weighted by Crippen LogP contribution is 2.27. The van der Waals surface area contributed by atoms with E-state index in [0.717, 1.165) is 19.6 Å². The molecule has 1 fully saturated rings. The molecule has 0 saturated carbocycles. The molecule has 3 heterocycles. The standard InChI is InChI=1S/C26H26N6OS/c1-31-25(33)15-23(22-11-12-27-17-29-22)30-26(31)32-14-13-28-24(16-32)20-5-3-18(4-6-20)19-7-9-21(34-2)10-8-19/h3-12,15,17,24,28H,13-14,16H2,1-2H3/t24-/m1/s1. The molecule has 34 heavy (non-hydrogen) atoms. The van der Waals surface area contributed by atoms with E-state index >= 15 is 0 Å². The largest absolute Gasteiger partial charge is 0.339 e. The lowest BCUT2D eigenvalue weighted by Crippen LogP contribution is -2.47. The first kappa shape index (κ1) is 22.3. The van der Waals surface area contributed by atoms with Gasteiger partial charge in [0.15, 0.2) is 0 Å². The Morgan fingerprint density at radius 2 is 1.74 bits per heavy atom. The zero-order valence-corrected chi connectivity index (χ0v) is 20.0. The summed E-state index contributed by atoms with van der Waals surface area (Å²) in [4.78, 5) is 29.1. The van der Waals surface area contributed by atoms with Gasteiger partial charge in [0.25, 0.3) is 5.56 Å². The summed E-state index contributed by atoms with van der Waals surface area (Å²) in [6, 6.07) is 20.8. The fraction of sp³-hybridized carbons (Fsp3) is 0.231. The molecule has 172 valence electrons. The summed E-state index contributed by atoms with van der Waals surface area (Å²) in [5, 5.41) is 3.61. The van der Waals surface area contributed by atoms with Crippen molar-refractivity contribution in [3.8, 4) is 22.5 Å². The van der Waals surface area contributed by atoms with Crippen LogP contribution in [0.4, 0.5) is 5.95 Å². The van der Waals surface area contributed by atoms with Gasteiger partial charge in [0.1, 0.15) is 6.33 Å². The third-order valence-electron chi connectivity index (χ3n) is 6.15. The van der Waals surface area contributed by atoms with E-state index in [4.69, 9.17) is 4.98 Å². The van der Waals surface area contributed by atoms with Gasteiger partial charge in [-0.1, -0.05) is 36.4 Å². The number of benzene rings is 2. The molecule has 1 atom stereocenters. The molecule has 1 aliphatic heterocycles. The Morgan fingerprint density at radius 1 is 1.00 bits per heavy atom. The molecule has 0 bridgehead atoms. The number of hydrogen-bond donors (Lipinski definition) is 1. The van der Waals surface area contributed by atoms with Crippen LogP contribution in [0.5, 0.6) is 0 Å². The summed E-state index contributed by atoms with van der Waals surface area (Å²) >= 11 is 1.75. The number of hydrogen-bond acceptors (Lipinski definition) is 7. The Bertz CT molecular complexity index is 1320. The van der Waals surface area contributed by atoms with Gasteiger partial charge in [0, 0.05) is 49.9 Å². The maximum atomic E-state index is 12.7. The summed E-state index contributed by atoms with van der Waals surface area (Å²) in [6.45, 7) is 2.29. The molecular weight excluding hydrogens is 444 g/mol. The zero-order chi connectivity index (χ0) is 23.5. The monoisotopic (exact) mass is 470 g/mol. The van der Waals surface area contributed by atoms with Crippen LogP contribution in [0.1, 0.15) is 11.6 Å². The molecule has 0 amide bonds. The van der Waals surface area contributed by atoms with E-state index in [0.29, 0.717) is 17.3 Å². The van der Waals surface area contributed by atoms with Crippen molar-refractivity contribution in [2.24, 2.45) is 7.05 Å². The van der Waals surface area contributed by atoms with Crippen molar-refractivity contribution in [1.82, 2.24) is 24.8 Å². The average Bonchev–Trinajstić information content (AvgIpc) is 2.91. The first-order chi connectivity index (χ1) is 16.6. The van der Waals surface area contributed by atoms with Gasteiger partial charge in [-0.2, -0.15) is 0 Å². The second-order valence-electron chi connectivity index (χ2n) is 8.24. The first-order valence-electron chi connectivity index (χ1n) is 11.2. The molecule has 8 heteroatoms. The number of nitrogens with zero attached hydrogens (tertiary/aromatic N) is 5. The number of anilines is 1. The quantitative estimate of drug-likeness (QED) is 0.445. The Balaban J connectivity index is 1.38. The minimum Gasteiger partial charge on any atom is -0.339 e. The van der Waals surface area contributed by atoms with E-state index in [9.17, 15) is 4.79 Å². The van der Waals surface area contributed by atoms with Crippen molar-refractivity contribution in [2.75, 3.05) is 30.8 Å². The summed E-state index contributed by atoms with van der Waals surface area (Å²) in [6.07, 6.45) is 5.21. The van der Waals surface area contributed by atoms with Gasteiger partial charge in [-0.05, 0) is 41.1 Å². The van der Waals surface area contributed by atoms with Crippen LogP contribution in [-0.2, 0) is 7.05 Å². The lowest BCUT2D eigenvalue weighted by Gasteiger charge is -2.35. The molecular formula is C26H26N6OS. The van der Waals surface area contributed by atoms with E-state index in [2.05, 4.69) is 75.0 Å². The van der Waals surface area contributed by atoms with Gasteiger partial charge in [0.05, 0.1) is 11.4 Å². The molecule has 0 aliphatic carbocycles. The summed E-state index contributed by atoms with van der Waals surface area (Å²) < 4.78 is 1.61. The smallest absolute Gasteiger partial charge is 0.255 e. The Hall–Kier alpha value is -3.49. The van der Waals surface area contributed by atoms with Gasteiger partial charge in [-0.3, -0.25) is 9.36 Å². The predicted molar refractivity (Wildman–Crippen MR) is 137 cm³/mol. The summed E-state index contributed by atoms with van der Waals surface area (Å²) in [5.74, 6) is 0.651. The first-order valence-corrected chi connectivity index (χ1v) is 12.4. The molecule has 2 aromatic carbocycles. The summed E-state index contributed by atoms with van der Waals surface area (Å²) in [7, 11) is 1.77. The fourth-order valence-electron chi connectivity index (χ4n) is 4.23. The van der Waals surface area contributed by atoms with Crippen LogP contribution in [-0.4, -0.2) is 45.4 Å². The Labute approximate surface area is 202 Å². The van der Waals surface area contributed by atoms with Crippen molar-refractivity contribution >= 4 is 17.7 Å². The van der Waals surface area contributed by atoms with Gasteiger partial charge >= 0.3 is 0 Å². The summed E-state index contributed by atoms with van der Waals surface area (Å²) in [5.41, 5.74) is 4.72. The topological polar surface area (TPSA) is 75.9 Å². The highest BCUT2D eigenvalue weighted by molar-refractivity contribution is 7.98. The lowest BCUT2D eigenvalue weighted by atomic mass is 9.99. The van der Waals surface area contributed by atoms with Crippen LogP contribution in [0.25, 0.3) is 22.5 Å². The highest BCUT2D eigenvalue weighted by atomic mass is 32.2. The molecule has 1 aliphatic rings.